The first-order valence-electron chi connectivity index (χ1n) is 7.24. The first kappa shape index (κ1) is 14.6. The van der Waals surface area contributed by atoms with Gasteiger partial charge in [0.15, 0.2) is 0 Å². The molecule has 0 aromatic rings. The van der Waals surface area contributed by atoms with Crippen molar-refractivity contribution in [1.29, 1.82) is 0 Å². The third kappa shape index (κ3) is 3.39. The van der Waals surface area contributed by atoms with Gasteiger partial charge in [-0.2, -0.15) is 0 Å². The second kappa shape index (κ2) is 5.29. The van der Waals surface area contributed by atoms with Crippen molar-refractivity contribution >= 4 is 6.09 Å². The van der Waals surface area contributed by atoms with Gasteiger partial charge in [-0.3, -0.25) is 5.32 Å². The van der Waals surface area contributed by atoms with Gasteiger partial charge in [0.05, 0.1) is 12.6 Å². The van der Waals surface area contributed by atoms with Crippen LogP contribution in [0.3, 0.4) is 0 Å². The number of ether oxygens (including phenoxy) is 2. The SMILES string of the molecule is CCN(C(=O)OC(C)(C)C)C1COC2(CCCN2)C1. The molecule has 0 aromatic heterocycles. The molecule has 5 heteroatoms. The summed E-state index contributed by atoms with van der Waals surface area (Å²) in [6.45, 7) is 9.92. The minimum absolute atomic E-state index is 0.116. The number of rotatable bonds is 2. The topological polar surface area (TPSA) is 50.8 Å². The van der Waals surface area contributed by atoms with Crippen LogP contribution >= 0.6 is 0 Å². The minimum atomic E-state index is -0.451. The van der Waals surface area contributed by atoms with Gasteiger partial charge in [-0.25, -0.2) is 4.79 Å². The third-order valence-electron chi connectivity index (χ3n) is 3.73. The van der Waals surface area contributed by atoms with Crippen LogP contribution in [0.1, 0.15) is 47.0 Å². The molecule has 2 atom stereocenters. The van der Waals surface area contributed by atoms with Crippen LogP contribution in [0.4, 0.5) is 4.79 Å². The average Bonchev–Trinajstić information content (AvgIpc) is 2.89. The summed E-state index contributed by atoms with van der Waals surface area (Å²) in [6.07, 6.45) is 2.81. The Bertz CT molecular complexity index is 332. The molecule has 5 nitrogen and oxygen atoms in total. The number of nitrogens with one attached hydrogen (secondary N) is 1. The van der Waals surface area contributed by atoms with E-state index in [1.165, 1.54) is 0 Å². The predicted octanol–water partition coefficient (Wildman–Crippen LogP) is 2.11. The molecule has 2 heterocycles. The molecular weight excluding hydrogens is 244 g/mol. The maximum Gasteiger partial charge on any atom is 0.410 e. The van der Waals surface area contributed by atoms with Gasteiger partial charge in [0.2, 0.25) is 0 Å². The molecule has 2 fully saturated rings. The molecule has 2 saturated heterocycles. The summed E-state index contributed by atoms with van der Waals surface area (Å²) in [7, 11) is 0. The highest BCUT2D eigenvalue weighted by molar-refractivity contribution is 5.68. The molecule has 1 N–H and O–H groups in total. The number of carbonyl (C=O) groups is 1. The van der Waals surface area contributed by atoms with E-state index in [-0.39, 0.29) is 17.9 Å². The number of amides is 1. The molecule has 0 bridgehead atoms. The van der Waals surface area contributed by atoms with Crippen molar-refractivity contribution < 1.29 is 14.3 Å². The van der Waals surface area contributed by atoms with E-state index in [0.717, 1.165) is 25.8 Å². The van der Waals surface area contributed by atoms with E-state index < -0.39 is 5.60 Å². The Hall–Kier alpha value is -0.810. The van der Waals surface area contributed by atoms with E-state index in [2.05, 4.69) is 5.32 Å². The van der Waals surface area contributed by atoms with Crippen LogP contribution in [0.5, 0.6) is 0 Å². The summed E-state index contributed by atoms with van der Waals surface area (Å²) in [5.74, 6) is 0. The first-order chi connectivity index (χ1) is 8.85. The fourth-order valence-electron chi connectivity index (χ4n) is 2.89. The number of likely N-dealkylation sites (N-methyl/N-ethyl adjacent to an activating group) is 1. The zero-order valence-corrected chi connectivity index (χ0v) is 12.5. The third-order valence-corrected chi connectivity index (χ3v) is 3.73. The fraction of sp³-hybridized carbons (Fsp3) is 0.929. The van der Waals surface area contributed by atoms with Crippen molar-refractivity contribution in [3.05, 3.63) is 0 Å². The Morgan fingerprint density at radius 3 is 2.79 bits per heavy atom. The van der Waals surface area contributed by atoms with E-state index >= 15 is 0 Å². The van der Waals surface area contributed by atoms with E-state index in [0.29, 0.717) is 13.2 Å². The molecule has 2 aliphatic rings. The van der Waals surface area contributed by atoms with Gasteiger partial charge < -0.3 is 14.4 Å². The van der Waals surface area contributed by atoms with Crippen LogP contribution in [0.15, 0.2) is 0 Å². The van der Waals surface area contributed by atoms with Crippen molar-refractivity contribution in [2.24, 2.45) is 0 Å². The number of hydrogen-bond acceptors (Lipinski definition) is 4. The van der Waals surface area contributed by atoms with E-state index in [9.17, 15) is 4.79 Å². The van der Waals surface area contributed by atoms with Gasteiger partial charge in [0.1, 0.15) is 11.3 Å². The van der Waals surface area contributed by atoms with Gasteiger partial charge in [0.25, 0.3) is 0 Å². The van der Waals surface area contributed by atoms with Crippen LogP contribution in [0, 0.1) is 0 Å². The van der Waals surface area contributed by atoms with Gasteiger partial charge >= 0.3 is 6.09 Å². The molecule has 0 aromatic carbocycles. The number of nitrogens with zero attached hydrogens (tertiary/aromatic N) is 1. The smallest absolute Gasteiger partial charge is 0.410 e. The Morgan fingerprint density at radius 2 is 2.26 bits per heavy atom. The lowest BCUT2D eigenvalue weighted by atomic mass is 10.0. The maximum atomic E-state index is 12.2. The standard InChI is InChI=1S/C14H26N2O3/c1-5-16(12(17)19-13(2,3)4)11-9-14(18-10-11)7-6-8-15-14/h11,15H,5-10H2,1-4H3. The molecule has 1 amide bonds. The predicted molar refractivity (Wildman–Crippen MR) is 72.9 cm³/mol. The van der Waals surface area contributed by atoms with Gasteiger partial charge in [0, 0.05) is 13.0 Å². The summed E-state index contributed by atoms with van der Waals surface area (Å²) < 4.78 is 11.4. The normalized spacial score (nSPS) is 30.8. The van der Waals surface area contributed by atoms with Gasteiger partial charge in [-0.15, -0.1) is 0 Å². The Balaban J connectivity index is 1.97. The zero-order valence-electron chi connectivity index (χ0n) is 12.5. The summed E-state index contributed by atoms with van der Waals surface area (Å²) in [5, 5.41) is 3.43. The average molecular weight is 270 g/mol. The maximum absolute atomic E-state index is 12.2. The molecule has 0 radical (unpaired) electrons. The van der Waals surface area contributed by atoms with Gasteiger partial charge in [-0.1, -0.05) is 0 Å². The summed E-state index contributed by atoms with van der Waals surface area (Å²) in [5.41, 5.74) is -0.645. The summed E-state index contributed by atoms with van der Waals surface area (Å²) in [6, 6.07) is 0.116. The van der Waals surface area contributed by atoms with Crippen molar-refractivity contribution in [1.82, 2.24) is 10.2 Å². The van der Waals surface area contributed by atoms with Crippen molar-refractivity contribution in [3.63, 3.8) is 0 Å². The second-order valence-electron chi connectivity index (χ2n) is 6.46. The Labute approximate surface area is 115 Å². The Kier molecular flexibility index (Phi) is 4.06. The highest BCUT2D eigenvalue weighted by Gasteiger charge is 2.45. The minimum Gasteiger partial charge on any atom is -0.444 e. The van der Waals surface area contributed by atoms with Crippen LogP contribution in [0.2, 0.25) is 0 Å². The molecule has 1 spiro atoms. The Morgan fingerprint density at radius 1 is 1.53 bits per heavy atom. The molecule has 0 saturated carbocycles. The largest absolute Gasteiger partial charge is 0.444 e. The van der Waals surface area contributed by atoms with Crippen LogP contribution < -0.4 is 5.32 Å². The molecule has 19 heavy (non-hydrogen) atoms. The fourth-order valence-corrected chi connectivity index (χ4v) is 2.89. The van der Waals surface area contributed by atoms with Crippen molar-refractivity contribution in [2.75, 3.05) is 19.7 Å². The number of hydrogen-bond donors (Lipinski definition) is 1. The molecule has 0 aliphatic carbocycles. The molecule has 2 unspecified atom stereocenters. The van der Waals surface area contributed by atoms with Crippen LogP contribution in [-0.2, 0) is 9.47 Å². The molecule has 2 aliphatic heterocycles. The lowest BCUT2D eigenvalue weighted by Gasteiger charge is -2.30. The van der Waals surface area contributed by atoms with E-state index in [4.69, 9.17) is 9.47 Å². The summed E-state index contributed by atoms with van der Waals surface area (Å²) in [4.78, 5) is 14.0. The van der Waals surface area contributed by atoms with E-state index in [1.54, 1.807) is 4.90 Å². The van der Waals surface area contributed by atoms with Crippen LogP contribution in [0.25, 0.3) is 0 Å². The van der Waals surface area contributed by atoms with E-state index in [1.807, 2.05) is 27.7 Å². The molecular formula is C14H26N2O3. The summed E-state index contributed by atoms with van der Waals surface area (Å²) >= 11 is 0. The monoisotopic (exact) mass is 270 g/mol. The lowest BCUT2D eigenvalue weighted by Crippen LogP contribution is -2.45. The van der Waals surface area contributed by atoms with Crippen LogP contribution in [-0.4, -0.2) is 48.1 Å². The lowest BCUT2D eigenvalue weighted by molar-refractivity contribution is -0.0113. The van der Waals surface area contributed by atoms with Crippen molar-refractivity contribution in [2.45, 2.75) is 64.3 Å². The zero-order chi connectivity index (χ0) is 14.1. The number of carbonyl (C=O) groups excluding carboxylic acids is 1. The van der Waals surface area contributed by atoms with Crippen molar-refractivity contribution in [3.8, 4) is 0 Å². The first-order valence-corrected chi connectivity index (χ1v) is 7.24. The highest BCUT2D eigenvalue weighted by Crippen LogP contribution is 2.34. The highest BCUT2D eigenvalue weighted by atomic mass is 16.6. The molecule has 110 valence electrons. The second-order valence-corrected chi connectivity index (χ2v) is 6.46. The van der Waals surface area contributed by atoms with Gasteiger partial charge in [-0.05, 0) is 47.1 Å². The molecule has 2 rings (SSSR count). The quantitative estimate of drug-likeness (QED) is 0.835.